The van der Waals surface area contributed by atoms with Gasteiger partial charge in [-0.25, -0.2) is 0 Å². The molecule has 0 saturated heterocycles. The number of rotatable bonds is 2. The monoisotopic (exact) mass is 280 g/mol. The molecule has 1 aromatic carbocycles. The molecule has 0 saturated carbocycles. The molecule has 0 unspecified atom stereocenters. The molecule has 0 bridgehead atoms. The molecule has 0 atom stereocenters. The van der Waals surface area contributed by atoms with E-state index in [1.165, 1.54) is 0 Å². The summed E-state index contributed by atoms with van der Waals surface area (Å²) >= 11 is 3.35. The van der Waals surface area contributed by atoms with Crippen LogP contribution in [0.2, 0.25) is 0 Å². The highest BCUT2D eigenvalue weighted by atomic mass is 79.9. The molecule has 0 spiro atoms. The summed E-state index contributed by atoms with van der Waals surface area (Å²) < 4.78 is 0.944. The molecule has 6 heteroatoms. The largest absolute Gasteiger partial charge is 0.324 e. The number of halogens is 1. The van der Waals surface area contributed by atoms with Gasteiger partial charge in [0, 0.05) is 10.2 Å². The third-order valence-electron chi connectivity index (χ3n) is 1.95. The maximum atomic E-state index is 11.3. The molecule has 16 heavy (non-hydrogen) atoms. The molecular formula is C10H9BrN4O. The topological polar surface area (TPSA) is 70.7 Å². The normalized spacial score (nSPS) is 10.1. The minimum atomic E-state index is -0.243. The summed E-state index contributed by atoms with van der Waals surface area (Å²) in [5.41, 5.74) is 0.926. The van der Waals surface area contributed by atoms with E-state index in [9.17, 15) is 4.79 Å². The van der Waals surface area contributed by atoms with Gasteiger partial charge in [0.05, 0.1) is 0 Å². The zero-order valence-electron chi connectivity index (χ0n) is 8.49. The summed E-state index contributed by atoms with van der Waals surface area (Å²) in [6.45, 7) is 1.61. The number of aryl methyl sites for hydroxylation is 1. The van der Waals surface area contributed by atoms with Gasteiger partial charge in [0.15, 0.2) is 0 Å². The predicted molar refractivity (Wildman–Crippen MR) is 64.8 cm³/mol. The first-order valence-corrected chi connectivity index (χ1v) is 5.40. The highest BCUT2D eigenvalue weighted by molar-refractivity contribution is 9.10. The number of aromatic amines is 1. The van der Waals surface area contributed by atoms with Crippen LogP contribution < -0.4 is 10.9 Å². The third kappa shape index (κ3) is 2.46. The van der Waals surface area contributed by atoms with Gasteiger partial charge < -0.3 is 5.32 Å². The average Bonchev–Trinajstić information content (AvgIpc) is 2.24. The Balaban J connectivity index is 2.27. The first-order valence-electron chi connectivity index (χ1n) is 4.61. The molecule has 0 fully saturated rings. The average molecular weight is 281 g/mol. The molecule has 2 rings (SSSR count). The van der Waals surface area contributed by atoms with Crippen molar-refractivity contribution in [2.45, 2.75) is 6.92 Å². The van der Waals surface area contributed by atoms with Crippen molar-refractivity contribution < 1.29 is 0 Å². The Morgan fingerprint density at radius 2 is 2.19 bits per heavy atom. The Morgan fingerprint density at radius 1 is 1.38 bits per heavy atom. The zero-order valence-corrected chi connectivity index (χ0v) is 10.1. The van der Waals surface area contributed by atoms with Crippen LogP contribution in [0.5, 0.6) is 0 Å². The first kappa shape index (κ1) is 10.8. The van der Waals surface area contributed by atoms with Crippen LogP contribution in [-0.2, 0) is 0 Å². The van der Waals surface area contributed by atoms with Gasteiger partial charge in [-0.15, -0.1) is 10.2 Å². The molecule has 2 aromatic rings. The second-order valence-corrected chi connectivity index (χ2v) is 4.14. The van der Waals surface area contributed by atoms with Crippen LogP contribution in [0.15, 0.2) is 33.5 Å². The SMILES string of the molecule is Cc1nnc(Nc2cccc(Br)c2)[nH]c1=O. The predicted octanol–water partition coefficient (Wildman–Crippen LogP) is 1.98. The van der Waals surface area contributed by atoms with E-state index in [1.54, 1.807) is 6.92 Å². The fraction of sp³-hybridized carbons (Fsp3) is 0.100. The van der Waals surface area contributed by atoms with E-state index in [1.807, 2.05) is 24.3 Å². The molecule has 5 nitrogen and oxygen atoms in total. The fourth-order valence-corrected chi connectivity index (χ4v) is 1.55. The van der Waals surface area contributed by atoms with Crippen LogP contribution in [0, 0.1) is 6.92 Å². The quantitative estimate of drug-likeness (QED) is 0.883. The van der Waals surface area contributed by atoms with Gasteiger partial charge in [-0.1, -0.05) is 22.0 Å². The Morgan fingerprint density at radius 3 is 2.88 bits per heavy atom. The Labute approximate surface area is 100 Å². The number of hydrogen-bond acceptors (Lipinski definition) is 4. The molecule has 1 heterocycles. The van der Waals surface area contributed by atoms with Crippen LogP contribution in [0.3, 0.4) is 0 Å². The van der Waals surface area contributed by atoms with Gasteiger partial charge in [-0.05, 0) is 25.1 Å². The van der Waals surface area contributed by atoms with E-state index >= 15 is 0 Å². The van der Waals surface area contributed by atoms with Crippen molar-refractivity contribution in [3.8, 4) is 0 Å². The van der Waals surface area contributed by atoms with Crippen molar-refractivity contribution >= 4 is 27.6 Å². The maximum Gasteiger partial charge on any atom is 0.273 e. The fourth-order valence-electron chi connectivity index (χ4n) is 1.15. The van der Waals surface area contributed by atoms with Crippen LogP contribution >= 0.6 is 15.9 Å². The second kappa shape index (κ2) is 4.44. The lowest BCUT2D eigenvalue weighted by Gasteiger charge is -2.04. The lowest BCUT2D eigenvalue weighted by molar-refractivity contribution is 0.908. The molecule has 2 N–H and O–H groups in total. The number of aromatic nitrogens is 3. The lowest BCUT2D eigenvalue weighted by atomic mass is 10.3. The van der Waals surface area contributed by atoms with Gasteiger partial charge in [0.1, 0.15) is 5.69 Å². The van der Waals surface area contributed by atoms with E-state index in [0.29, 0.717) is 11.6 Å². The number of H-pyrrole nitrogens is 1. The van der Waals surface area contributed by atoms with E-state index in [2.05, 4.69) is 36.4 Å². The van der Waals surface area contributed by atoms with Gasteiger partial charge in [0.2, 0.25) is 5.95 Å². The summed E-state index contributed by atoms with van der Waals surface area (Å²) in [6, 6.07) is 7.53. The first-order chi connectivity index (χ1) is 7.65. The Bertz CT molecular complexity index is 567. The third-order valence-corrected chi connectivity index (χ3v) is 2.44. The standard InChI is InChI=1S/C10H9BrN4O/c1-6-9(16)13-10(15-14-6)12-8-4-2-3-7(11)5-8/h2-5H,1H3,(H2,12,13,15,16). The van der Waals surface area contributed by atoms with Crippen molar-refractivity contribution in [1.82, 2.24) is 15.2 Å². The molecule has 0 aliphatic rings. The van der Waals surface area contributed by atoms with Gasteiger partial charge in [0.25, 0.3) is 5.56 Å². The maximum absolute atomic E-state index is 11.3. The van der Waals surface area contributed by atoms with Crippen molar-refractivity contribution in [1.29, 1.82) is 0 Å². The molecule has 0 radical (unpaired) electrons. The zero-order chi connectivity index (χ0) is 11.5. The van der Waals surface area contributed by atoms with Crippen molar-refractivity contribution in [3.05, 3.63) is 44.8 Å². The van der Waals surface area contributed by atoms with Gasteiger partial charge >= 0.3 is 0 Å². The number of benzene rings is 1. The Kier molecular flexibility index (Phi) is 3.00. The van der Waals surface area contributed by atoms with Gasteiger partial charge in [-0.3, -0.25) is 9.78 Å². The van der Waals surface area contributed by atoms with Crippen molar-refractivity contribution in [2.75, 3.05) is 5.32 Å². The van der Waals surface area contributed by atoms with E-state index in [4.69, 9.17) is 0 Å². The van der Waals surface area contributed by atoms with Crippen molar-refractivity contribution in [3.63, 3.8) is 0 Å². The molecular weight excluding hydrogens is 272 g/mol. The number of nitrogens with zero attached hydrogens (tertiary/aromatic N) is 2. The number of hydrogen-bond donors (Lipinski definition) is 2. The van der Waals surface area contributed by atoms with E-state index < -0.39 is 0 Å². The smallest absolute Gasteiger partial charge is 0.273 e. The lowest BCUT2D eigenvalue weighted by Crippen LogP contribution is -2.15. The van der Waals surface area contributed by atoms with Crippen LogP contribution in [-0.4, -0.2) is 15.2 Å². The molecule has 1 aromatic heterocycles. The molecule has 82 valence electrons. The van der Waals surface area contributed by atoms with Gasteiger partial charge in [-0.2, -0.15) is 0 Å². The number of anilines is 2. The van der Waals surface area contributed by atoms with E-state index in [0.717, 1.165) is 10.2 Å². The van der Waals surface area contributed by atoms with E-state index in [-0.39, 0.29) is 5.56 Å². The minimum Gasteiger partial charge on any atom is -0.324 e. The minimum absolute atomic E-state index is 0.243. The summed E-state index contributed by atoms with van der Waals surface area (Å²) in [5.74, 6) is 0.328. The van der Waals surface area contributed by atoms with Crippen LogP contribution in [0.25, 0.3) is 0 Å². The molecule has 0 aliphatic heterocycles. The summed E-state index contributed by atoms with van der Waals surface area (Å²) in [4.78, 5) is 13.9. The Hall–Kier alpha value is -1.69. The summed E-state index contributed by atoms with van der Waals surface area (Å²) in [6.07, 6.45) is 0. The molecule has 0 amide bonds. The molecule has 0 aliphatic carbocycles. The second-order valence-electron chi connectivity index (χ2n) is 3.22. The van der Waals surface area contributed by atoms with Crippen molar-refractivity contribution in [2.24, 2.45) is 0 Å². The van der Waals surface area contributed by atoms with Crippen LogP contribution in [0.4, 0.5) is 11.6 Å². The number of nitrogens with one attached hydrogen (secondary N) is 2. The highest BCUT2D eigenvalue weighted by Crippen LogP contribution is 2.17. The summed E-state index contributed by atoms with van der Waals surface area (Å²) in [5, 5.41) is 10.5. The highest BCUT2D eigenvalue weighted by Gasteiger charge is 2.00. The van der Waals surface area contributed by atoms with Crippen LogP contribution in [0.1, 0.15) is 5.69 Å². The summed E-state index contributed by atoms with van der Waals surface area (Å²) in [7, 11) is 0.